The van der Waals surface area contributed by atoms with Crippen LogP contribution < -0.4 is 10.5 Å². The minimum atomic E-state index is 0.559. The molecule has 2 aromatic heterocycles. The minimum absolute atomic E-state index is 0.559. The minimum Gasteiger partial charge on any atom is -0.494 e. The van der Waals surface area contributed by atoms with Crippen molar-refractivity contribution in [2.75, 3.05) is 12.3 Å². The maximum Gasteiger partial charge on any atom is 0.228 e. The number of fused-ring (bicyclic) bond motifs is 1. The molecule has 1 aromatic carbocycles. The first kappa shape index (κ1) is 11.6. The van der Waals surface area contributed by atoms with Gasteiger partial charge in [-0.1, -0.05) is 12.1 Å². The number of benzene rings is 1. The van der Waals surface area contributed by atoms with E-state index in [2.05, 4.69) is 4.98 Å². The molecule has 4 heteroatoms. The number of nitrogens with zero attached hydrogens (tertiary/aromatic N) is 1. The van der Waals surface area contributed by atoms with Crippen molar-refractivity contribution in [3.05, 3.63) is 42.8 Å². The van der Waals surface area contributed by atoms with Crippen LogP contribution >= 0.6 is 0 Å². The summed E-state index contributed by atoms with van der Waals surface area (Å²) in [6.07, 6.45) is 3.24. The molecule has 0 aliphatic heterocycles. The van der Waals surface area contributed by atoms with Crippen molar-refractivity contribution in [1.29, 1.82) is 0 Å². The fraction of sp³-hybridized carbons (Fsp3) is 0.133. The molecule has 2 heterocycles. The number of ether oxygens (including phenoxy) is 1. The van der Waals surface area contributed by atoms with Gasteiger partial charge in [0.15, 0.2) is 0 Å². The molecule has 0 amide bonds. The van der Waals surface area contributed by atoms with Gasteiger partial charge in [0.2, 0.25) is 5.71 Å². The second kappa shape index (κ2) is 4.65. The van der Waals surface area contributed by atoms with E-state index in [1.807, 2.05) is 37.3 Å². The van der Waals surface area contributed by atoms with Crippen LogP contribution in [0.4, 0.5) is 5.69 Å². The molecule has 96 valence electrons. The van der Waals surface area contributed by atoms with Crippen molar-refractivity contribution < 1.29 is 9.15 Å². The molecule has 4 nitrogen and oxygen atoms in total. The second-order valence-electron chi connectivity index (χ2n) is 4.19. The molecule has 0 aliphatic rings. The molecular formula is C15H14N2O2. The third kappa shape index (κ3) is 2.01. The van der Waals surface area contributed by atoms with Crippen LogP contribution in [0.2, 0.25) is 0 Å². The van der Waals surface area contributed by atoms with E-state index in [9.17, 15) is 0 Å². The van der Waals surface area contributed by atoms with Gasteiger partial charge in [-0.2, -0.15) is 0 Å². The molecule has 0 fully saturated rings. The average Bonchev–Trinajstić information content (AvgIpc) is 2.82. The Hall–Kier alpha value is -2.49. The van der Waals surface area contributed by atoms with Crippen LogP contribution in [0.3, 0.4) is 0 Å². The molecule has 0 atom stereocenters. The fourth-order valence-electron chi connectivity index (χ4n) is 2.13. The number of pyridine rings is 1. The number of hydrogen-bond donors (Lipinski definition) is 1. The summed E-state index contributed by atoms with van der Waals surface area (Å²) < 4.78 is 10.7. The lowest BCUT2D eigenvalue weighted by Crippen LogP contribution is -1.91. The summed E-state index contributed by atoms with van der Waals surface area (Å²) in [4.78, 5) is 4.16. The summed E-state index contributed by atoms with van der Waals surface area (Å²) in [5.74, 6) is 0.858. The van der Waals surface area contributed by atoms with E-state index >= 15 is 0 Å². The maximum absolute atomic E-state index is 5.93. The van der Waals surface area contributed by atoms with Crippen LogP contribution in [-0.4, -0.2) is 11.6 Å². The Labute approximate surface area is 110 Å². The summed E-state index contributed by atoms with van der Waals surface area (Å²) in [5, 5.41) is 0.853. The van der Waals surface area contributed by atoms with Gasteiger partial charge in [0.05, 0.1) is 17.7 Å². The van der Waals surface area contributed by atoms with E-state index in [-0.39, 0.29) is 0 Å². The van der Waals surface area contributed by atoms with Crippen LogP contribution in [0.25, 0.3) is 22.2 Å². The molecule has 0 unspecified atom stereocenters. The number of aromatic nitrogens is 1. The highest BCUT2D eigenvalue weighted by molar-refractivity contribution is 6.00. The molecule has 0 radical (unpaired) electrons. The third-order valence-electron chi connectivity index (χ3n) is 2.98. The van der Waals surface area contributed by atoms with Crippen molar-refractivity contribution in [2.24, 2.45) is 0 Å². The number of anilines is 1. The van der Waals surface area contributed by atoms with Crippen LogP contribution in [0.5, 0.6) is 5.75 Å². The SMILES string of the molecule is CCOc1ccc(-c2ccnc3occ(N)c23)cc1. The second-order valence-corrected chi connectivity index (χ2v) is 4.19. The number of hydrogen-bond acceptors (Lipinski definition) is 4. The standard InChI is InChI=1S/C15H14N2O2/c1-2-18-11-5-3-10(4-6-11)12-7-8-17-15-14(12)13(16)9-19-15/h3-9H,2,16H2,1H3. The molecule has 0 saturated carbocycles. The van der Waals surface area contributed by atoms with Gasteiger partial charge in [-0.25, -0.2) is 4.98 Å². The Morgan fingerprint density at radius 3 is 2.74 bits per heavy atom. The van der Waals surface area contributed by atoms with Crippen LogP contribution in [-0.2, 0) is 0 Å². The van der Waals surface area contributed by atoms with E-state index in [0.29, 0.717) is 18.0 Å². The van der Waals surface area contributed by atoms with Gasteiger partial charge in [0.1, 0.15) is 12.0 Å². The molecule has 3 aromatic rings. The highest BCUT2D eigenvalue weighted by Gasteiger charge is 2.10. The summed E-state index contributed by atoms with van der Waals surface area (Å²) >= 11 is 0. The lowest BCUT2D eigenvalue weighted by atomic mass is 10.0. The maximum atomic E-state index is 5.93. The van der Waals surface area contributed by atoms with Crippen LogP contribution in [0.1, 0.15) is 6.92 Å². The molecular weight excluding hydrogens is 240 g/mol. The van der Waals surface area contributed by atoms with Crippen molar-refractivity contribution in [2.45, 2.75) is 6.92 Å². The molecule has 0 saturated heterocycles. The highest BCUT2D eigenvalue weighted by atomic mass is 16.5. The van der Waals surface area contributed by atoms with Crippen molar-refractivity contribution in [3.63, 3.8) is 0 Å². The van der Waals surface area contributed by atoms with E-state index in [0.717, 1.165) is 22.3 Å². The quantitative estimate of drug-likeness (QED) is 0.777. The van der Waals surface area contributed by atoms with Crippen molar-refractivity contribution >= 4 is 16.8 Å². The lowest BCUT2D eigenvalue weighted by Gasteiger charge is -2.06. The topological polar surface area (TPSA) is 61.3 Å². The normalized spacial score (nSPS) is 10.8. The Balaban J connectivity index is 2.11. The zero-order valence-electron chi connectivity index (χ0n) is 10.6. The van der Waals surface area contributed by atoms with Gasteiger partial charge in [-0.15, -0.1) is 0 Å². The molecule has 19 heavy (non-hydrogen) atoms. The van der Waals surface area contributed by atoms with E-state index in [4.69, 9.17) is 14.9 Å². The number of nitrogens with two attached hydrogens (primary N) is 1. The van der Waals surface area contributed by atoms with Gasteiger partial charge >= 0.3 is 0 Å². The largest absolute Gasteiger partial charge is 0.494 e. The zero-order chi connectivity index (χ0) is 13.2. The fourth-order valence-corrected chi connectivity index (χ4v) is 2.13. The van der Waals surface area contributed by atoms with Crippen molar-refractivity contribution in [1.82, 2.24) is 4.98 Å². The smallest absolute Gasteiger partial charge is 0.228 e. The number of nitrogen functional groups attached to an aromatic ring is 1. The Morgan fingerprint density at radius 1 is 1.21 bits per heavy atom. The summed E-state index contributed by atoms with van der Waals surface area (Å²) in [5.41, 5.74) is 9.17. The van der Waals surface area contributed by atoms with Gasteiger partial charge in [0, 0.05) is 6.20 Å². The average molecular weight is 254 g/mol. The predicted octanol–water partition coefficient (Wildman–Crippen LogP) is 3.48. The monoisotopic (exact) mass is 254 g/mol. The summed E-state index contributed by atoms with van der Waals surface area (Å²) in [6, 6.07) is 9.84. The van der Waals surface area contributed by atoms with Gasteiger partial charge in [-0.3, -0.25) is 0 Å². The summed E-state index contributed by atoms with van der Waals surface area (Å²) in [7, 11) is 0. The molecule has 0 spiro atoms. The Kier molecular flexibility index (Phi) is 2.83. The zero-order valence-corrected chi connectivity index (χ0v) is 10.6. The van der Waals surface area contributed by atoms with E-state index in [1.54, 1.807) is 6.20 Å². The molecule has 2 N–H and O–H groups in total. The van der Waals surface area contributed by atoms with Crippen LogP contribution in [0.15, 0.2) is 47.2 Å². The van der Waals surface area contributed by atoms with Gasteiger partial charge in [0.25, 0.3) is 0 Å². The first-order chi connectivity index (χ1) is 9.29. The van der Waals surface area contributed by atoms with Crippen molar-refractivity contribution in [3.8, 4) is 16.9 Å². The lowest BCUT2D eigenvalue weighted by molar-refractivity contribution is 0.340. The molecule has 3 rings (SSSR count). The third-order valence-corrected chi connectivity index (χ3v) is 2.98. The summed E-state index contributed by atoms with van der Waals surface area (Å²) in [6.45, 7) is 2.63. The van der Waals surface area contributed by atoms with E-state index < -0.39 is 0 Å². The molecule has 0 aliphatic carbocycles. The number of furan rings is 1. The Bertz CT molecular complexity index is 702. The first-order valence-electron chi connectivity index (χ1n) is 6.14. The van der Waals surface area contributed by atoms with E-state index in [1.165, 1.54) is 6.26 Å². The van der Waals surface area contributed by atoms with Crippen LogP contribution in [0, 0.1) is 0 Å². The Morgan fingerprint density at radius 2 is 2.00 bits per heavy atom. The predicted molar refractivity (Wildman–Crippen MR) is 75.0 cm³/mol. The van der Waals surface area contributed by atoms with Gasteiger partial charge in [-0.05, 0) is 36.2 Å². The molecule has 0 bridgehead atoms. The van der Waals surface area contributed by atoms with Gasteiger partial charge < -0.3 is 14.9 Å². The first-order valence-corrected chi connectivity index (χ1v) is 6.14. The number of rotatable bonds is 3. The highest BCUT2D eigenvalue weighted by Crippen LogP contribution is 2.33.